The van der Waals surface area contributed by atoms with Gasteiger partial charge in [0.05, 0.1) is 24.8 Å². The number of carbonyl (C=O) groups is 2. The number of hydrogen-bond donors (Lipinski definition) is 1. The summed E-state index contributed by atoms with van der Waals surface area (Å²) in [6, 6.07) is 19.4. The van der Waals surface area contributed by atoms with Crippen molar-refractivity contribution >= 4 is 27.5 Å². The Morgan fingerprint density at radius 2 is 1.56 bits per heavy atom. The van der Waals surface area contributed by atoms with E-state index in [4.69, 9.17) is 9.47 Å². The summed E-state index contributed by atoms with van der Waals surface area (Å²) < 4.78 is 39.6. The molecule has 0 radical (unpaired) electrons. The lowest BCUT2D eigenvalue weighted by atomic mass is 10.1. The highest BCUT2D eigenvalue weighted by atomic mass is 32.2. The molecule has 1 unspecified atom stereocenters. The molecule has 0 aliphatic heterocycles. The van der Waals surface area contributed by atoms with Crippen LogP contribution in [0.1, 0.15) is 37.8 Å². The fourth-order valence-corrected chi connectivity index (χ4v) is 5.75. The molecule has 10 heteroatoms. The zero-order valence-corrected chi connectivity index (χ0v) is 25.1. The number of carbonyl (C=O) groups excluding carboxylic acids is 2. The SMILES string of the molecule is CCCNC(=O)C(CC)N(Cc1ccc(OC)cc1)C(=O)CN(c1cccc(OC)c1)S(=O)(=O)c1ccc(C)cc1. The predicted molar refractivity (Wildman–Crippen MR) is 160 cm³/mol. The quantitative estimate of drug-likeness (QED) is 0.300. The van der Waals surface area contributed by atoms with E-state index in [0.29, 0.717) is 24.5 Å². The first-order valence-electron chi connectivity index (χ1n) is 13.6. The van der Waals surface area contributed by atoms with Gasteiger partial charge in [-0.05, 0) is 61.7 Å². The predicted octanol–water partition coefficient (Wildman–Crippen LogP) is 4.54. The van der Waals surface area contributed by atoms with Gasteiger partial charge in [0.2, 0.25) is 11.8 Å². The average Bonchev–Trinajstić information content (AvgIpc) is 2.99. The van der Waals surface area contributed by atoms with Crippen molar-refractivity contribution in [2.75, 3.05) is 31.6 Å². The maximum Gasteiger partial charge on any atom is 0.264 e. The molecule has 0 bridgehead atoms. The third-order valence-electron chi connectivity index (χ3n) is 6.68. The molecule has 0 saturated carbocycles. The van der Waals surface area contributed by atoms with E-state index in [1.165, 1.54) is 24.1 Å². The second kappa shape index (κ2) is 14.5. The summed E-state index contributed by atoms with van der Waals surface area (Å²) in [6.45, 7) is 5.70. The lowest BCUT2D eigenvalue weighted by molar-refractivity contribution is -0.140. The Morgan fingerprint density at radius 3 is 2.15 bits per heavy atom. The van der Waals surface area contributed by atoms with E-state index in [2.05, 4.69) is 5.32 Å². The van der Waals surface area contributed by atoms with Gasteiger partial charge in [0, 0.05) is 19.2 Å². The largest absolute Gasteiger partial charge is 0.497 e. The number of anilines is 1. The Bertz CT molecular complexity index is 1410. The molecule has 1 atom stereocenters. The minimum atomic E-state index is -4.16. The standard InChI is InChI=1S/C31H39N3O6S/c1-6-19-32-31(36)29(7-2)33(21-24-13-15-26(39-4)16-14-24)30(35)22-34(25-9-8-10-27(20-25)40-5)41(37,38)28-17-11-23(3)12-18-28/h8-18,20,29H,6-7,19,21-22H2,1-5H3,(H,32,36). The third kappa shape index (κ3) is 8.00. The number of benzene rings is 3. The van der Waals surface area contributed by atoms with E-state index in [-0.39, 0.29) is 23.0 Å². The van der Waals surface area contributed by atoms with Crippen LogP contribution in [0.4, 0.5) is 5.69 Å². The van der Waals surface area contributed by atoms with Gasteiger partial charge in [0.25, 0.3) is 10.0 Å². The Morgan fingerprint density at radius 1 is 0.902 bits per heavy atom. The van der Waals surface area contributed by atoms with Crippen LogP contribution in [0.25, 0.3) is 0 Å². The van der Waals surface area contributed by atoms with E-state index in [0.717, 1.165) is 21.9 Å². The Balaban J connectivity index is 2.06. The van der Waals surface area contributed by atoms with Crippen LogP contribution < -0.4 is 19.1 Å². The third-order valence-corrected chi connectivity index (χ3v) is 8.46. The molecule has 0 fully saturated rings. The second-order valence-electron chi connectivity index (χ2n) is 9.61. The van der Waals surface area contributed by atoms with Crippen molar-refractivity contribution < 1.29 is 27.5 Å². The number of amides is 2. The summed E-state index contributed by atoms with van der Waals surface area (Å²) in [5, 5.41) is 2.88. The van der Waals surface area contributed by atoms with Crippen LogP contribution in [0.5, 0.6) is 11.5 Å². The number of aryl methyl sites for hydroxylation is 1. The second-order valence-corrected chi connectivity index (χ2v) is 11.5. The average molecular weight is 582 g/mol. The zero-order valence-electron chi connectivity index (χ0n) is 24.3. The van der Waals surface area contributed by atoms with Crippen molar-refractivity contribution in [3.8, 4) is 11.5 Å². The number of methoxy groups -OCH3 is 2. The molecule has 1 N–H and O–H groups in total. The lowest BCUT2D eigenvalue weighted by Gasteiger charge is -2.33. The van der Waals surface area contributed by atoms with E-state index in [1.807, 2.05) is 32.9 Å². The Labute approximate surface area is 243 Å². The maximum atomic E-state index is 14.1. The van der Waals surface area contributed by atoms with Gasteiger partial charge in [0.1, 0.15) is 24.1 Å². The first kappa shape index (κ1) is 31.5. The smallest absolute Gasteiger partial charge is 0.264 e. The lowest BCUT2D eigenvalue weighted by Crippen LogP contribution is -2.52. The van der Waals surface area contributed by atoms with Gasteiger partial charge < -0.3 is 19.7 Å². The van der Waals surface area contributed by atoms with Gasteiger partial charge in [0.15, 0.2) is 0 Å². The van der Waals surface area contributed by atoms with Gasteiger partial charge in [-0.3, -0.25) is 13.9 Å². The molecule has 0 saturated heterocycles. The van der Waals surface area contributed by atoms with Gasteiger partial charge in [-0.25, -0.2) is 8.42 Å². The minimum absolute atomic E-state index is 0.0492. The first-order valence-corrected chi connectivity index (χ1v) is 15.0. The summed E-state index contributed by atoms with van der Waals surface area (Å²) in [5.41, 5.74) is 1.95. The molecule has 2 amide bonds. The molecule has 41 heavy (non-hydrogen) atoms. The number of rotatable bonds is 14. The van der Waals surface area contributed by atoms with E-state index < -0.39 is 28.5 Å². The molecule has 0 heterocycles. The summed E-state index contributed by atoms with van der Waals surface area (Å²) in [7, 11) is -1.11. The number of ether oxygens (including phenoxy) is 2. The molecule has 3 aromatic rings. The van der Waals surface area contributed by atoms with Crippen LogP contribution in [-0.4, -0.2) is 58.5 Å². The van der Waals surface area contributed by atoms with Crippen LogP contribution in [0, 0.1) is 6.92 Å². The number of nitrogens with one attached hydrogen (secondary N) is 1. The van der Waals surface area contributed by atoms with Crippen molar-refractivity contribution in [3.05, 3.63) is 83.9 Å². The molecule has 0 aliphatic rings. The monoisotopic (exact) mass is 581 g/mol. The van der Waals surface area contributed by atoms with Crippen molar-refractivity contribution in [2.45, 2.75) is 51.1 Å². The van der Waals surface area contributed by atoms with E-state index in [1.54, 1.807) is 55.6 Å². The van der Waals surface area contributed by atoms with Crippen LogP contribution in [0.3, 0.4) is 0 Å². The van der Waals surface area contributed by atoms with Gasteiger partial charge in [-0.1, -0.05) is 49.7 Å². The topological polar surface area (TPSA) is 105 Å². The van der Waals surface area contributed by atoms with Crippen molar-refractivity contribution in [3.63, 3.8) is 0 Å². The van der Waals surface area contributed by atoms with Crippen LogP contribution in [0.2, 0.25) is 0 Å². The van der Waals surface area contributed by atoms with Crippen LogP contribution >= 0.6 is 0 Å². The zero-order chi connectivity index (χ0) is 30.0. The molecule has 0 aromatic heterocycles. The molecular formula is C31H39N3O6S. The summed E-state index contributed by atoms with van der Waals surface area (Å²) in [5.74, 6) is 0.302. The fraction of sp³-hybridized carbons (Fsp3) is 0.355. The minimum Gasteiger partial charge on any atom is -0.497 e. The number of nitrogens with zero attached hydrogens (tertiary/aromatic N) is 2. The molecule has 220 valence electrons. The van der Waals surface area contributed by atoms with Gasteiger partial charge in [-0.2, -0.15) is 0 Å². The summed E-state index contributed by atoms with van der Waals surface area (Å²) >= 11 is 0. The Hall–Kier alpha value is -4.05. The molecule has 3 aromatic carbocycles. The van der Waals surface area contributed by atoms with Crippen molar-refractivity contribution in [1.82, 2.24) is 10.2 Å². The highest BCUT2D eigenvalue weighted by Gasteiger charge is 2.33. The van der Waals surface area contributed by atoms with Crippen molar-refractivity contribution in [1.29, 1.82) is 0 Å². The van der Waals surface area contributed by atoms with E-state index in [9.17, 15) is 18.0 Å². The fourth-order valence-electron chi connectivity index (χ4n) is 4.34. The summed E-state index contributed by atoms with van der Waals surface area (Å²) in [6.07, 6.45) is 1.09. The highest BCUT2D eigenvalue weighted by Crippen LogP contribution is 2.28. The molecular weight excluding hydrogens is 542 g/mol. The van der Waals surface area contributed by atoms with Gasteiger partial charge >= 0.3 is 0 Å². The molecule has 9 nitrogen and oxygen atoms in total. The maximum absolute atomic E-state index is 14.1. The van der Waals surface area contributed by atoms with Crippen molar-refractivity contribution in [2.24, 2.45) is 0 Å². The first-order chi connectivity index (χ1) is 19.6. The highest BCUT2D eigenvalue weighted by molar-refractivity contribution is 7.92. The van der Waals surface area contributed by atoms with E-state index >= 15 is 0 Å². The van der Waals surface area contributed by atoms with Gasteiger partial charge in [-0.15, -0.1) is 0 Å². The van der Waals surface area contributed by atoms with Crippen LogP contribution in [-0.2, 0) is 26.2 Å². The summed E-state index contributed by atoms with van der Waals surface area (Å²) in [4.78, 5) is 28.8. The Kier molecular flexibility index (Phi) is 11.2. The van der Waals surface area contributed by atoms with Crippen LogP contribution in [0.15, 0.2) is 77.7 Å². The number of hydrogen-bond acceptors (Lipinski definition) is 6. The number of sulfonamides is 1. The molecule has 0 spiro atoms. The molecule has 0 aliphatic carbocycles. The molecule has 3 rings (SSSR count). The normalized spacial score (nSPS) is 11.8.